The number of likely N-dealkylation sites (N-methyl/N-ethyl adjacent to an activating group) is 1. The van der Waals surface area contributed by atoms with E-state index in [0.29, 0.717) is 6.04 Å². The predicted molar refractivity (Wildman–Crippen MR) is 81.1 cm³/mol. The first-order valence-corrected chi connectivity index (χ1v) is 7.53. The van der Waals surface area contributed by atoms with Gasteiger partial charge in [0.1, 0.15) is 5.75 Å². The molecular weight excluding hydrogens is 250 g/mol. The molecule has 0 saturated heterocycles. The third-order valence-electron chi connectivity index (χ3n) is 4.07. The van der Waals surface area contributed by atoms with E-state index in [2.05, 4.69) is 6.07 Å². The summed E-state index contributed by atoms with van der Waals surface area (Å²) in [6.07, 6.45) is 6.04. The molecule has 1 saturated carbocycles. The first kappa shape index (κ1) is 14.9. The topological polar surface area (TPSA) is 29.5 Å². The Bertz CT molecular complexity index is 444. The molecule has 0 radical (unpaired) electrons. The summed E-state index contributed by atoms with van der Waals surface area (Å²) < 4.78 is 5.65. The highest BCUT2D eigenvalue weighted by Gasteiger charge is 2.22. The lowest BCUT2D eigenvalue weighted by molar-refractivity contribution is -0.134. The van der Waals surface area contributed by atoms with Crippen molar-refractivity contribution in [2.24, 2.45) is 0 Å². The van der Waals surface area contributed by atoms with Gasteiger partial charge in [-0.05, 0) is 49.9 Å². The Morgan fingerprint density at radius 2 is 1.75 bits per heavy atom. The van der Waals surface area contributed by atoms with Gasteiger partial charge in [0, 0.05) is 13.1 Å². The number of nitrogens with zero attached hydrogens (tertiary/aromatic N) is 1. The standard InChI is InChI=1S/C17H25NO2/c1-13-9-14(2)11-16(10-13)20-12-17(19)18(3)15-7-5-4-6-8-15/h9-11,15H,4-8,12H2,1-3H3. The minimum Gasteiger partial charge on any atom is -0.484 e. The van der Waals surface area contributed by atoms with Gasteiger partial charge in [-0.25, -0.2) is 0 Å². The number of rotatable bonds is 4. The summed E-state index contributed by atoms with van der Waals surface area (Å²) in [5.74, 6) is 0.865. The van der Waals surface area contributed by atoms with E-state index < -0.39 is 0 Å². The summed E-state index contributed by atoms with van der Waals surface area (Å²) >= 11 is 0. The average Bonchev–Trinajstić information content (AvgIpc) is 2.44. The highest BCUT2D eigenvalue weighted by molar-refractivity contribution is 5.77. The Morgan fingerprint density at radius 1 is 1.15 bits per heavy atom. The highest BCUT2D eigenvalue weighted by atomic mass is 16.5. The summed E-state index contributed by atoms with van der Waals surface area (Å²) in [6, 6.07) is 6.45. The van der Waals surface area contributed by atoms with Gasteiger partial charge < -0.3 is 9.64 Å². The Balaban J connectivity index is 1.87. The molecule has 1 aliphatic carbocycles. The average molecular weight is 275 g/mol. The van der Waals surface area contributed by atoms with E-state index in [1.165, 1.54) is 19.3 Å². The third-order valence-corrected chi connectivity index (χ3v) is 4.07. The maximum absolute atomic E-state index is 12.2. The Hall–Kier alpha value is -1.51. The number of benzene rings is 1. The first-order valence-electron chi connectivity index (χ1n) is 7.53. The van der Waals surface area contributed by atoms with Crippen LogP contribution in [0.25, 0.3) is 0 Å². The summed E-state index contributed by atoms with van der Waals surface area (Å²) in [7, 11) is 1.91. The van der Waals surface area contributed by atoms with Gasteiger partial charge in [0.25, 0.3) is 5.91 Å². The molecule has 0 unspecified atom stereocenters. The molecule has 110 valence electrons. The van der Waals surface area contributed by atoms with Crippen LogP contribution in [0.1, 0.15) is 43.2 Å². The molecule has 3 nitrogen and oxygen atoms in total. The minimum absolute atomic E-state index is 0.0797. The van der Waals surface area contributed by atoms with Crippen LogP contribution in [0, 0.1) is 13.8 Å². The molecule has 3 heteroatoms. The van der Waals surface area contributed by atoms with Gasteiger partial charge in [-0.15, -0.1) is 0 Å². The molecule has 0 bridgehead atoms. The number of hydrogen-bond acceptors (Lipinski definition) is 2. The summed E-state index contributed by atoms with van der Waals surface area (Å²) in [5.41, 5.74) is 2.32. The van der Waals surface area contributed by atoms with Crippen molar-refractivity contribution in [3.63, 3.8) is 0 Å². The van der Waals surface area contributed by atoms with Crippen molar-refractivity contribution in [2.45, 2.75) is 52.0 Å². The van der Waals surface area contributed by atoms with Crippen LogP contribution in [0.3, 0.4) is 0 Å². The van der Waals surface area contributed by atoms with E-state index in [0.717, 1.165) is 29.7 Å². The SMILES string of the molecule is Cc1cc(C)cc(OCC(=O)N(C)C2CCCCC2)c1. The maximum atomic E-state index is 12.2. The van der Waals surface area contributed by atoms with E-state index in [9.17, 15) is 4.79 Å². The molecule has 0 spiro atoms. The van der Waals surface area contributed by atoms with Gasteiger partial charge in [0.05, 0.1) is 0 Å². The van der Waals surface area contributed by atoms with E-state index in [1.54, 1.807) is 0 Å². The number of amides is 1. The Labute approximate surface area is 121 Å². The molecule has 1 fully saturated rings. The zero-order valence-corrected chi connectivity index (χ0v) is 12.8. The van der Waals surface area contributed by atoms with Crippen molar-refractivity contribution < 1.29 is 9.53 Å². The summed E-state index contributed by atoms with van der Waals surface area (Å²) in [6.45, 7) is 4.21. The smallest absolute Gasteiger partial charge is 0.260 e. The van der Waals surface area contributed by atoms with Crippen LogP contribution in [0.2, 0.25) is 0 Å². The van der Waals surface area contributed by atoms with Crippen LogP contribution in [0.4, 0.5) is 0 Å². The van der Waals surface area contributed by atoms with Gasteiger partial charge in [-0.3, -0.25) is 4.79 Å². The quantitative estimate of drug-likeness (QED) is 0.842. The van der Waals surface area contributed by atoms with Crippen molar-refractivity contribution in [1.29, 1.82) is 0 Å². The lowest BCUT2D eigenvalue weighted by Crippen LogP contribution is -2.40. The van der Waals surface area contributed by atoms with Crippen LogP contribution in [0.15, 0.2) is 18.2 Å². The van der Waals surface area contributed by atoms with Gasteiger partial charge in [0.15, 0.2) is 6.61 Å². The number of hydrogen-bond donors (Lipinski definition) is 0. The normalized spacial score (nSPS) is 15.9. The molecule has 0 N–H and O–H groups in total. The molecule has 1 aromatic carbocycles. The molecule has 0 aliphatic heterocycles. The Morgan fingerprint density at radius 3 is 2.35 bits per heavy atom. The van der Waals surface area contributed by atoms with Crippen molar-refractivity contribution in [3.05, 3.63) is 29.3 Å². The van der Waals surface area contributed by atoms with E-state index in [1.807, 2.05) is 37.9 Å². The highest BCUT2D eigenvalue weighted by Crippen LogP contribution is 2.22. The van der Waals surface area contributed by atoms with Crippen LogP contribution in [0.5, 0.6) is 5.75 Å². The maximum Gasteiger partial charge on any atom is 0.260 e. The van der Waals surface area contributed by atoms with Gasteiger partial charge in [-0.1, -0.05) is 25.3 Å². The fourth-order valence-electron chi connectivity index (χ4n) is 2.94. The monoisotopic (exact) mass is 275 g/mol. The zero-order valence-electron chi connectivity index (χ0n) is 12.8. The largest absolute Gasteiger partial charge is 0.484 e. The molecule has 1 aromatic rings. The van der Waals surface area contributed by atoms with E-state index in [4.69, 9.17) is 4.74 Å². The van der Waals surface area contributed by atoms with Crippen molar-refractivity contribution in [2.75, 3.05) is 13.7 Å². The van der Waals surface area contributed by atoms with Crippen LogP contribution in [-0.4, -0.2) is 30.5 Å². The van der Waals surface area contributed by atoms with Gasteiger partial charge in [0.2, 0.25) is 0 Å². The number of carbonyl (C=O) groups is 1. The van der Waals surface area contributed by atoms with Crippen LogP contribution < -0.4 is 4.74 Å². The van der Waals surface area contributed by atoms with E-state index in [-0.39, 0.29) is 12.5 Å². The lowest BCUT2D eigenvalue weighted by Gasteiger charge is -2.31. The molecule has 1 amide bonds. The molecule has 0 aromatic heterocycles. The van der Waals surface area contributed by atoms with Gasteiger partial charge >= 0.3 is 0 Å². The second-order valence-corrected chi connectivity index (χ2v) is 5.91. The molecule has 1 aliphatic rings. The first-order chi connectivity index (χ1) is 9.56. The summed E-state index contributed by atoms with van der Waals surface area (Å²) in [5, 5.41) is 0. The zero-order chi connectivity index (χ0) is 14.5. The lowest BCUT2D eigenvalue weighted by atomic mass is 9.94. The number of carbonyl (C=O) groups excluding carboxylic acids is 1. The predicted octanol–water partition coefficient (Wildman–Crippen LogP) is 3.47. The second-order valence-electron chi connectivity index (χ2n) is 5.91. The summed E-state index contributed by atoms with van der Waals surface area (Å²) in [4.78, 5) is 14.1. The van der Waals surface area contributed by atoms with Crippen molar-refractivity contribution in [1.82, 2.24) is 4.90 Å². The molecule has 0 heterocycles. The molecule has 2 rings (SSSR count). The fourth-order valence-corrected chi connectivity index (χ4v) is 2.94. The minimum atomic E-state index is 0.0797. The van der Waals surface area contributed by atoms with Crippen molar-refractivity contribution in [3.8, 4) is 5.75 Å². The second kappa shape index (κ2) is 6.78. The Kier molecular flexibility index (Phi) is 5.05. The third kappa shape index (κ3) is 3.99. The molecule has 0 atom stereocenters. The molecule has 20 heavy (non-hydrogen) atoms. The fraction of sp³-hybridized carbons (Fsp3) is 0.588. The van der Waals surface area contributed by atoms with Gasteiger partial charge in [-0.2, -0.15) is 0 Å². The number of aryl methyl sites for hydroxylation is 2. The van der Waals surface area contributed by atoms with E-state index >= 15 is 0 Å². The van der Waals surface area contributed by atoms with Crippen LogP contribution in [-0.2, 0) is 4.79 Å². The van der Waals surface area contributed by atoms with Crippen molar-refractivity contribution >= 4 is 5.91 Å². The van der Waals surface area contributed by atoms with Crippen LogP contribution >= 0.6 is 0 Å². The molecular formula is C17H25NO2. The number of ether oxygens (including phenoxy) is 1.